The second-order valence-electron chi connectivity index (χ2n) is 5.48. The quantitative estimate of drug-likeness (QED) is 0.624. The van der Waals surface area contributed by atoms with Crippen LogP contribution in [0.4, 0.5) is 0 Å². The Labute approximate surface area is 103 Å². The number of carboxylic acid groups (broad SMARTS) is 1. The Morgan fingerprint density at radius 3 is 2.29 bits per heavy atom. The van der Waals surface area contributed by atoms with Crippen molar-refractivity contribution in [3.63, 3.8) is 0 Å². The largest absolute Gasteiger partial charge is 0.481 e. The lowest BCUT2D eigenvalue weighted by Gasteiger charge is -2.25. The Kier molecular flexibility index (Phi) is 6.80. The molecule has 17 heavy (non-hydrogen) atoms. The van der Waals surface area contributed by atoms with Crippen LogP contribution in [0.1, 0.15) is 40.0 Å². The molecule has 0 aliphatic rings. The molecule has 0 aromatic heterocycles. The van der Waals surface area contributed by atoms with E-state index in [0.29, 0.717) is 19.4 Å². The first kappa shape index (κ1) is 15.9. The van der Waals surface area contributed by atoms with E-state index in [1.165, 1.54) is 0 Å². The van der Waals surface area contributed by atoms with Gasteiger partial charge in [0.15, 0.2) is 0 Å². The average Bonchev–Trinajstić information content (AvgIpc) is 2.10. The molecular weight excluding hydrogens is 220 g/mol. The zero-order valence-corrected chi connectivity index (χ0v) is 11.2. The number of hydrogen-bond donors (Lipinski definition) is 3. The van der Waals surface area contributed by atoms with Gasteiger partial charge in [-0.2, -0.15) is 0 Å². The summed E-state index contributed by atoms with van der Waals surface area (Å²) in [5.41, 5.74) is -0.00357. The lowest BCUT2D eigenvalue weighted by molar-refractivity contribution is -0.137. The monoisotopic (exact) mass is 244 g/mol. The number of nitrogens with one attached hydrogen (secondary N) is 2. The van der Waals surface area contributed by atoms with Crippen molar-refractivity contribution in [2.24, 2.45) is 5.41 Å². The summed E-state index contributed by atoms with van der Waals surface area (Å²) in [5, 5.41) is 14.5. The molecule has 0 rings (SSSR count). The fourth-order valence-electron chi connectivity index (χ4n) is 1.66. The molecule has 3 N–H and O–H groups in total. The molecule has 0 aromatic carbocycles. The Morgan fingerprint density at radius 2 is 1.88 bits per heavy atom. The van der Waals surface area contributed by atoms with Crippen LogP contribution in [0, 0.1) is 5.41 Å². The summed E-state index contributed by atoms with van der Waals surface area (Å²) >= 11 is 0. The van der Waals surface area contributed by atoms with Gasteiger partial charge >= 0.3 is 5.97 Å². The van der Waals surface area contributed by atoms with Gasteiger partial charge in [-0.15, -0.1) is 0 Å². The molecule has 0 fully saturated rings. The summed E-state index contributed by atoms with van der Waals surface area (Å²) in [4.78, 5) is 22.3. The van der Waals surface area contributed by atoms with E-state index in [4.69, 9.17) is 5.11 Å². The first-order valence-corrected chi connectivity index (χ1v) is 5.90. The molecule has 0 radical (unpaired) electrons. The number of carbonyl (C=O) groups excluding carboxylic acids is 1. The van der Waals surface area contributed by atoms with E-state index in [1.54, 1.807) is 7.05 Å². The maximum atomic E-state index is 11.5. The minimum Gasteiger partial charge on any atom is -0.481 e. The molecule has 0 saturated carbocycles. The summed E-state index contributed by atoms with van der Waals surface area (Å²) < 4.78 is 0. The fraction of sp³-hybridized carbons (Fsp3) is 0.833. The van der Waals surface area contributed by atoms with Crippen molar-refractivity contribution in [1.82, 2.24) is 10.6 Å². The first-order chi connectivity index (χ1) is 7.74. The van der Waals surface area contributed by atoms with Gasteiger partial charge in [0.1, 0.15) is 0 Å². The highest BCUT2D eigenvalue weighted by Crippen LogP contribution is 2.22. The van der Waals surface area contributed by atoms with Crippen LogP contribution in [-0.4, -0.2) is 36.6 Å². The molecule has 0 aliphatic heterocycles. The van der Waals surface area contributed by atoms with E-state index in [2.05, 4.69) is 10.6 Å². The number of carbonyl (C=O) groups is 2. The van der Waals surface area contributed by atoms with E-state index in [-0.39, 0.29) is 23.8 Å². The molecule has 0 heterocycles. The second-order valence-corrected chi connectivity index (χ2v) is 5.48. The number of hydrogen-bond acceptors (Lipinski definition) is 3. The highest BCUT2D eigenvalue weighted by Gasteiger charge is 2.22. The molecule has 0 aliphatic carbocycles. The van der Waals surface area contributed by atoms with Gasteiger partial charge in [0.05, 0.1) is 6.42 Å². The van der Waals surface area contributed by atoms with Crippen LogP contribution in [0.3, 0.4) is 0 Å². The van der Waals surface area contributed by atoms with Crippen LogP contribution >= 0.6 is 0 Å². The Balaban J connectivity index is 4.28. The van der Waals surface area contributed by atoms with Gasteiger partial charge in [-0.3, -0.25) is 9.59 Å². The summed E-state index contributed by atoms with van der Waals surface area (Å²) in [5.74, 6) is -0.983. The maximum Gasteiger partial charge on any atom is 0.305 e. The first-order valence-electron chi connectivity index (χ1n) is 5.90. The topological polar surface area (TPSA) is 78.4 Å². The van der Waals surface area contributed by atoms with Crippen LogP contribution < -0.4 is 10.6 Å². The Hall–Kier alpha value is -1.10. The molecule has 0 saturated heterocycles. The van der Waals surface area contributed by atoms with E-state index in [0.717, 1.165) is 0 Å². The third-order valence-corrected chi connectivity index (χ3v) is 2.25. The molecule has 5 heteroatoms. The third kappa shape index (κ3) is 9.81. The molecule has 1 amide bonds. The molecule has 1 atom stereocenters. The highest BCUT2D eigenvalue weighted by atomic mass is 16.4. The van der Waals surface area contributed by atoms with E-state index < -0.39 is 5.97 Å². The van der Waals surface area contributed by atoms with Gasteiger partial charge < -0.3 is 15.7 Å². The molecule has 0 spiro atoms. The predicted octanol–water partition coefficient (Wildman–Crippen LogP) is 0.992. The Morgan fingerprint density at radius 1 is 1.29 bits per heavy atom. The molecular formula is C12H24N2O3. The van der Waals surface area contributed by atoms with Gasteiger partial charge in [0.2, 0.25) is 5.91 Å². The van der Waals surface area contributed by atoms with Crippen LogP contribution in [-0.2, 0) is 9.59 Å². The van der Waals surface area contributed by atoms with Gasteiger partial charge in [-0.05, 0) is 18.9 Å². The molecule has 100 valence electrons. The zero-order chi connectivity index (χ0) is 13.5. The minimum absolute atomic E-state index is 0.00357. The fourth-order valence-corrected chi connectivity index (χ4v) is 1.66. The number of rotatable bonds is 7. The van der Waals surface area contributed by atoms with Crippen molar-refractivity contribution >= 4 is 11.9 Å². The number of carboxylic acids is 1. The molecule has 0 aromatic rings. The lowest BCUT2D eigenvalue weighted by atomic mass is 9.87. The van der Waals surface area contributed by atoms with Gasteiger partial charge in [0, 0.05) is 19.0 Å². The van der Waals surface area contributed by atoms with Crippen LogP contribution in [0.25, 0.3) is 0 Å². The predicted molar refractivity (Wildman–Crippen MR) is 66.8 cm³/mol. The van der Waals surface area contributed by atoms with E-state index >= 15 is 0 Å². The average molecular weight is 244 g/mol. The van der Waals surface area contributed by atoms with Gasteiger partial charge in [-0.1, -0.05) is 20.8 Å². The zero-order valence-electron chi connectivity index (χ0n) is 11.2. The molecule has 1 unspecified atom stereocenters. The maximum absolute atomic E-state index is 11.5. The van der Waals surface area contributed by atoms with Gasteiger partial charge in [0.25, 0.3) is 0 Å². The summed E-state index contributed by atoms with van der Waals surface area (Å²) in [6.07, 6.45) is 1.00. The van der Waals surface area contributed by atoms with Crippen molar-refractivity contribution in [3.05, 3.63) is 0 Å². The number of amides is 1. The summed E-state index contributed by atoms with van der Waals surface area (Å²) in [6, 6.07) is -0.295. The van der Waals surface area contributed by atoms with Crippen LogP contribution in [0.2, 0.25) is 0 Å². The van der Waals surface area contributed by atoms with Crippen molar-refractivity contribution < 1.29 is 14.7 Å². The molecule has 0 bridgehead atoms. The Bertz CT molecular complexity index is 259. The highest BCUT2D eigenvalue weighted by molar-refractivity contribution is 5.77. The van der Waals surface area contributed by atoms with Crippen LogP contribution in [0.5, 0.6) is 0 Å². The number of aliphatic carboxylic acids is 1. The second kappa shape index (κ2) is 7.27. The third-order valence-electron chi connectivity index (χ3n) is 2.25. The van der Waals surface area contributed by atoms with Crippen molar-refractivity contribution in [2.75, 3.05) is 13.6 Å². The SMILES string of the molecule is CNCCC(=O)NC(CC(=O)O)CC(C)(C)C. The minimum atomic E-state index is -0.881. The normalized spacial score (nSPS) is 13.2. The molecule has 5 nitrogen and oxygen atoms in total. The van der Waals surface area contributed by atoms with Crippen molar-refractivity contribution in [2.45, 2.75) is 46.1 Å². The lowest BCUT2D eigenvalue weighted by Crippen LogP contribution is -2.39. The van der Waals surface area contributed by atoms with E-state index in [9.17, 15) is 9.59 Å². The summed E-state index contributed by atoms with van der Waals surface area (Å²) in [6.45, 7) is 6.69. The van der Waals surface area contributed by atoms with Gasteiger partial charge in [-0.25, -0.2) is 0 Å². The van der Waals surface area contributed by atoms with Crippen molar-refractivity contribution in [1.29, 1.82) is 0 Å². The smallest absolute Gasteiger partial charge is 0.305 e. The van der Waals surface area contributed by atoms with Crippen LogP contribution in [0.15, 0.2) is 0 Å². The van der Waals surface area contributed by atoms with Crippen molar-refractivity contribution in [3.8, 4) is 0 Å². The summed E-state index contributed by atoms with van der Waals surface area (Å²) in [7, 11) is 1.77. The standard InChI is InChI=1S/C12H24N2O3/c1-12(2,3)8-9(7-11(16)17)14-10(15)5-6-13-4/h9,13H,5-8H2,1-4H3,(H,14,15)(H,16,17). The van der Waals surface area contributed by atoms with E-state index in [1.807, 2.05) is 20.8 Å².